The van der Waals surface area contributed by atoms with Crippen LogP contribution in [0.15, 0.2) is 83.6 Å². The summed E-state index contributed by atoms with van der Waals surface area (Å²) >= 11 is 6.24. The highest BCUT2D eigenvalue weighted by Gasteiger charge is 2.34. The van der Waals surface area contributed by atoms with E-state index in [1.54, 1.807) is 26.0 Å². The minimum Gasteiger partial charge on any atom is -0.485 e. The topological polar surface area (TPSA) is 43.4 Å². The van der Waals surface area contributed by atoms with Crippen molar-refractivity contribution in [2.45, 2.75) is 20.0 Å². The molecule has 0 heterocycles. The first kappa shape index (κ1) is 19.2. The lowest BCUT2D eigenvalue weighted by Gasteiger charge is -2.22. The van der Waals surface area contributed by atoms with Gasteiger partial charge in [0.15, 0.2) is 5.76 Å². The van der Waals surface area contributed by atoms with Crippen molar-refractivity contribution in [2.24, 2.45) is 0 Å². The molecule has 0 fully saturated rings. The molecule has 0 spiro atoms. The normalized spacial score (nSPS) is 13.7. The third kappa shape index (κ3) is 3.50. The second kappa shape index (κ2) is 7.69. The Bertz CT molecular complexity index is 1130. The molecule has 0 N–H and O–H groups in total. The van der Waals surface area contributed by atoms with Crippen molar-refractivity contribution < 1.29 is 14.3 Å². The molecule has 0 radical (unpaired) electrons. The van der Waals surface area contributed by atoms with E-state index in [1.807, 2.05) is 60.7 Å². The lowest BCUT2D eigenvalue weighted by atomic mass is 9.85. The van der Waals surface area contributed by atoms with Gasteiger partial charge in [0.1, 0.15) is 5.03 Å². The minimum absolute atomic E-state index is 0.0781. The van der Waals surface area contributed by atoms with E-state index in [-0.39, 0.29) is 22.7 Å². The Balaban J connectivity index is 1.97. The molecule has 1 aliphatic rings. The van der Waals surface area contributed by atoms with Crippen LogP contribution in [0.5, 0.6) is 0 Å². The van der Waals surface area contributed by atoms with E-state index in [1.165, 1.54) is 0 Å². The second-order valence-corrected chi connectivity index (χ2v) is 7.52. The molecule has 0 aromatic heterocycles. The maximum Gasteiger partial charge on any atom is 0.230 e. The Hall–Kier alpha value is -3.17. The lowest BCUT2D eigenvalue weighted by molar-refractivity contribution is 0.0806. The molecule has 0 amide bonds. The first-order chi connectivity index (χ1) is 14.0. The Morgan fingerprint density at radius 3 is 1.59 bits per heavy atom. The van der Waals surface area contributed by atoms with Gasteiger partial charge >= 0.3 is 0 Å². The van der Waals surface area contributed by atoms with Gasteiger partial charge in [-0.05, 0) is 48.2 Å². The van der Waals surface area contributed by atoms with E-state index in [0.717, 1.165) is 22.3 Å². The molecule has 0 bridgehead atoms. The average molecular weight is 403 g/mol. The fourth-order valence-corrected chi connectivity index (χ4v) is 3.70. The van der Waals surface area contributed by atoms with Gasteiger partial charge in [-0.2, -0.15) is 0 Å². The summed E-state index contributed by atoms with van der Waals surface area (Å²) in [5, 5.41) is -0.164. The molecule has 0 atom stereocenters. The van der Waals surface area contributed by atoms with Crippen molar-refractivity contribution in [1.82, 2.24) is 0 Å². The molecule has 1 aliphatic carbocycles. The molecule has 0 saturated carbocycles. The lowest BCUT2D eigenvalue weighted by Crippen LogP contribution is -2.23. The highest BCUT2D eigenvalue weighted by atomic mass is 35.5. The van der Waals surface area contributed by atoms with Crippen LogP contribution in [0.3, 0.4) is 0 Å². The van der Waals surface area contributed by atoms with Crippen LogP contribution in [-0.4, -0.2) is 17.7 Å². The number of Topliss-reactive ketones (excluding diaryl/α,β-unsaturated/α-hetero) is 2. The van der Waals surface area contributed by atoms with Crippen molar-refractivity contribution in [3.63, 3.8) is 0 Å². The maximum absolute atomic E-state index is 13.1. The summed E-state index contributed by atoms with van der Waals surface area (Å²) in [6.07, 6.45) is -0.269. The molecule has 4 rings (SSSR count). The summed E-state index contributed by atoms with van der Waals surface area (Å²) in [7, 11) is 0. The molecule has 3 nitrogen and oxygen atoms in total. The number of carbonyl (C=O) groups excluding carboxylic acids is 2. The Morgan fingerprint density at radius 2 is 1.14 bits per heavy atom. The van der Waals surface area contributed by atoms with E-state index >= 15 is 0 Å². The van der Waals surface area contributed by atoms with Gasteiger partial charge in [-0.15, -0.1) is 0 Å². The monoisotopic (exact) mass is 402 g/mol. The van der Waals surface area contributed by atoms with E-state index in [4.69, 9.17) is 16.3 Å². The quantitative estimate of drug-likeness (QED) is 0.516. The van der Waals surface area contributed by atoms with E-state index in [0.29, 0.717) is 11.1 Å². The van der Waals surface area contributed by atoms with Crippen LogP contribution in [0.25, 0.3) is 22.3 Å². The van der Waals surface area contributed by atoms with Crippen molar-refractivity contribution in [1.29, 1.82) is 0 Å². The molecule has 29 heavy (non-hydrogen) atoms. The molecule has 0 saturated heterocycles. The van der Waals surface area contributed by atoms with Crippen LogP contribution in [0, 0.1) is 0 Å². The number of hydrogen-bond acceptors (Lipinski definition) is 3. The zero-order valence-corrected chi connectivity index (χ0v) is 16.9. The number of allylic oxidation sites excluding steroid dienone is 2. The first-order valence-electron chi connectivity index (χ1n) is 9.42. The van der Waals surface area contributed by atoms with Crippen LogP contribution in [0.2, 0.25) is 0 Å². The molecule has 3 aromatic carbocycles. The Labute approximate surface area is 174 Å². The largest absolute Gasteiger partial charge is 0.485 e. The zero-order valence-electron chi connectivity index (χ0n) is 16.1. The molecular formula is C25H19ClO3. The number of benzene rings is 3. The van der Waals surface area contributed by atoms with Gasteiger partial charge in [-0.1, -0.05) is 72.3 Å². The number of halogens is 1. The molecule has 0 unspecified atom stereocenters. The van der Waals surface area contributed by atoms with Gasteiger partial charge < -0.3 is 4.74 Å². The SMILES string of the molecule is CC(C)OC1=C(Cl)C(=O)c2cc(-c3ccccc3)c(-c3ccccc3)cc2C1=O. The van der Waals surface area contributed by atoms with E-state index in [2.05, 4.69) is 0 Å². The van der Waals surface area contributed by atoms with Gasteiger partial charge in [-0.3, -0.25) is 9.59 Å². The van der Waals surface area contributed by atoms with E-state index < -0.39 is 5.78 Å². The van der Waals surface area contributed by atoms with Crippen LogP contribution in [0.1, 0.15) is 34.6 Å². The van der Waals surface area contributed by atoms with Crippen molar-refractivity contribution >= 4 is 23.2 Å². The molecule has 144 valence electrons. The first-order valence-corrected chi connectivity index (χ1v) is 9.80. The van der Waals surface area contributed by atoms with Gasteiger partial charge in [0, 0.05) is 11.1 Å². The van der Waals surface area contributed by atoms with Gasteiger partial charge in [0.25, 0.3) is 0 Å². The summed E-state index contributed by atoms with van der Waals surface area (Å²) in [6, 6.07) is 23.1. The number of rotatable bonds is 4. The third-order valence-electron chi connectivity index (χ3n) is 4.78. The predicted octanol–water partition coefficient (Wildman–Crippen LogP) is 6.28. The average Bonchev–Trinajstić information content (AvgIpc) is 2.75. The highest BCUT2D eigenvalue weighted by molar-refractivity contribution is 6.49. The van der Waals surface area contributed by atoms with Gasteiger partial charge in [0.2, 0.25) is 11.6 Å². The van der Waals surface area contributed by atoms with Crippen molar-refractivity contribution in [2.75, 3.05) is 0 Å². The molecular weight excluding hydrogens is 384 g/mol. The van der Waals surface area contributed by atoms with E-state index in [9.17, 15) is 9.59 Å². The summed E-state index contributed by atoms with van der Waals surface area (Å²) in [4.78, 5) is 26.1. The standard InChI is InChI=1S/C25H19ClO3/c1-15(2)29-25-22(26)23(27)20-13-18(16-9-5-3-6-10-16)19(14-21(20)24(25)28)17-11-7-4-8-12-17/h3-15H,1-2H3. The smallest absolute Gasteiger partial charge is 0.230 e. The Morgan fingerprint density at radius 1 is 0.690 bits per heavy atom. The number of ether oxygens (including phenoxy) is 1. The van der Waals surface area contributed by atoms with Crippen LogP contribution in [0.4, 0.5) is 0 Å². The maximum atomic E-state index is 13.1. The summed E-state index contributed by atoms with van der Waals surface area (Å²) in [5.41, 5.74) is 4.27. The van der Waals surface area contributed by atoms with Gasteiger partial charge in [0.05, 0.1) is 6.10 Å². The van der Waals surface area contributed by atoms with Crippen molar-refractivity contribution in [3.8, 4) is 22.3 Å². The minimum atomic E-state index is -0.395. The molecule has 0 aliphatic heterocycles. The summed E-state index contributed by atoms with van der Waals surface area (Å²) in [6.45, 7) is 3.58. The van der Waals surface area contributed by atoms with Crippen molar-refractivity contribution in [3.05, 3.63) is 94.7 Å². The van der Waals surface area contributed by atoms with Crippen LogP contribution < -0.4 is 0 Å². The fourth-order valence-electron chi connectivity index (χ4n) is 3.47. The molecule has 3 aromatic rings. The zero-order chi connectivity index (χ0) is 20.5. The number of fused-ring (bicyclic) bond motifs is 1. The fraction of sp³-hybridized carbons (Fsp3) is 0.120. The number of hydrogen-bond donors (Lipinski definition) is 0. The molecule has 4 heteroatoms. The third-order valence-corrected chi connectivity index (χ3v) is 5.12. The van der Waals surface area contributed by atoms with Gasteiger partial charge in [-0.25, -0.2) is 0 Å². The predicted molar refractivity (Wildman–Crippen MR) is 115 cm³/mol. The summed E-state index contributed by atoms with van der Waals surface area (Å²) < 4.78 is 5.58. The highest BCUT2D eigenvalue weighted by Crippen LogP contribution is 2.39. The number of ketones is 2. The van der Waals surface area contributed by atoms with Crippen LogP contribution in [-0.2, 0) is 4.74 Å². The number of carbonyl (C=O) groups is 2. The second-order valence-electron chi connectivity index (χ2n) is 7.14. The Kier molecular flexibility index (Phi) is 5.08. The van der Waals surface area contributed by atoms with Crippen LogP contribution >= 0.6 is 11.6 Å². The summed E-state index contributed by atoms with van der Waals surface area (Å²) in [5.74, 6) is -0.838.